The van der Waals surface area contributed by atoms with Crippen molar-refractivity contribution in [3.8, 4) is 44.8 Å². The summed E-state index contributed by atoms with van der Waals surface area (Å²) in [5, 5.41) is 7.45. The first-order chi connectivity index (χ1) is 43.1. The minimum atomic E-state index is 0. The number of fused-ring (bicyclic) bond motifs is 7. The highest BCUT2D eigenvalue weighted by Gasteiger charge is 2.21. The molecule has 2 aromatic heterocycles. The third kappa shape index (κ3) is 10.7. The van der Waals surface area contributed by atoms with E-state index in [4.69, 9.17) is 0 Å². The van der Waals surface area contributed by atoms with E-state index in [0.29, 0.717) is 0 Å². The Bertz CT molecular complexity index is 4990. The van der Waals surface area contributed by atoms with Gasteiger partial charge in [0, 0.05) is 70.3 Å². The fraction of sp³-hybridized carbons (Fsp3) is 0. The first kappa shape index (κ1) is 55.8. The minimum absolute atomic E-state index is 0. The van der Waals surface area contributed by atoms with Gasteiger partial charge in [-0.25, -0.2) is 0 Å². The van der Waals surface area contributed by atoms with Crippen LogP contribution < -0.4 is 9.80 Å². The van der Waals surface area contributed by atoms with E-state index in [1.54, 1.807) is 0 Å². The molecule has 0 fully saturated rings. The van der Waals surface area contributed by atoms with Crippen LogP contribution in [0, 0.1) is 3.57 Å². The summed E-state index contributed by atoms with van der Waals surface area (Å²) < 4.78 is 5.97. The minimum Gasteiger partial charge on any atom is -0.310 e. The van der Waals surface area contributed by atoms with Crippen LogP contribution in [0.5, 0.6) is 0 Å². The molecule has 0 saturated carbocycles. The van der Waals surface area contributed by atoms with Crippen LogP contribution in [0.3, 0.4) is 0 Å². The maximum absolute atomic E-state index is 2.39. The molecule has 16 aromatic rings. The van der Waals surface area contributed by atoms with Crippen molar-refractivity contribution in [3.63, 3.8) is 0 Å². The van der Waals surface area contributed by atoms with Gasteiger partial charge in [0.05, 0.1) is 27.8 Å². The number of rotatable bonds is 11. The summed E-state index contributed by atoms with van der Waals surface area (Å²) in [7, 11) is 0. The van der Waals surface area contributed by atoms with Crippen molar-refractivity contribution in [3.05, 3.63) is 349 Å². The molecule has 88 heavy (non-hydrogen) atoms. The lowest BCUT2D eigenvalue weighted by molar-refractivity contribution is 1.18. The highest BCUT2D eigenvalue weighted by atomic mass is 127. The van der Waals surface area contributed by atoms with Crippen LogP contribution in [0.15, 0.2) is 346 Å². The molecule has 0 spiro atoms. The molecule has 0 atom stereocenters. The molecule has 0 N–H and O–H groups in total. The lowest BCUT2D eigenvalue weighted by atomic mass is 9.95. The number of aromatic nitrogens is 2. The van der Waals surface area contributed by atoms with Gasteiger partial charge >= 0.3 is 0 Å². The third-order valence-corrected chi connectivity index (χ3v) is 17.3. The molecule has 0 aliphatic heterocycles. The summed E-state index contributed by atoms with van der Waals surface area (Å²) in [5.74, 6) is 0. The molecule has 6 heteroatoms. The Hall–Kier alpha value is -10.0. The normalized spacial score (nSPS) is 11.1. The van der Waals surface area contributed by atoms with E-state index in [1.165, 1.54) is 91.5 Å². The van der Waals surface area contributed by atoms with Crippen LogP contribution in [0.4, 0.5) is 34.1 Å². The number of benzene rings is 14. The maximum atomic E-state index is 2.39. The predicted octanol–water partition coefficient (Wildman–Crippen LogP) is 23.9. The zero-order valence-corrected chi connectivity index (χ0v) is 52.5. The summed E-state index contributed by atoms with van der Waals surface area (Å²) in [6.45, 7) is 0. The molecular formula is C82H58I2N4. The van der Waals surface area contributed by atoms with Crippen molar-refractivity contribution in [2.45, 2.75) is 0 Å². The Morgan fingerprint density at radius 3 is 1.09 bits per heavy atom. The molecular weight excluding hydrogens is 1290 g/mol. The quantitative estimate of drug-likeness (QED) is 0.120. The molecule has 0 radical (unpaired) electrons. The fourth-order valence-electron chi connectivity index (χ4n) is 12.6. The molecule has 0 bridgehead atoms. The molecule has 0 aliphatic carbocycles. The summed E-state index contributed by atoms with van der Waals surface area (Å²) in [6, 6.07) is 124. The predicted molar refractivity (Wildman–Crippen MR) is 393 cm³/mol. The number of halogens is 2. The van der Waals surface area contributed by atoms with E-state index in [0.717, 1.165) is 45.4 Å². The molecule has 0 aliphatic rings. The standard InChI is InChI=1S/C64H45N3.C18H12IN.HI/c1-5-17-46(18-6-1)48-29-35-54(36-30-48)66(55-37-31-49(32-38-55)47-19-7-2-8-20-47)63-44-42-57(58-25-13-14-26-59(58)63)50-33-39-53(40-34-50)65(51-21-9-3-10-22-51)56-41-43-64-61(45-56)60-27-15-16-28-62(60)67(64)52-23-11-4-12-24-52;19-13-10-11-18-16(12-13)15-8-4-5-9-17(15)20(18)14-6-2-1-3-7-14;/h1-45H;1-12H;1H. The number of nitrogens with zero attached hydrogens (tertiary/aromatic N) is 4. The van der Waals surface area contributed by atoms with E-state index >= 15 is 0 Å². The molecule has 14 aromatic carbocycles. The lowest BCUT2D eigenvalue weighted by Crippen LogP contribution is -2.10. The first-order valence-electron chi connectivity index (χ1n) is 29.5. The molecule has 2 heterocycles. The Morgan fingerprint density at radius 2 is 0.580 bits per heavy atom. The summed E-state index contributed by atoms with van der Waals surface area (Å²) in [6.07, 6.45) is 0. The highest BCUT2D eigenvalue weighted by Crippen LogP contribution is 2.45. The van der Waals surface area contributed by atoms with Crippen molar-refractivity contribution >= 4 is 135 Å². The number of anilines is 6. The van der Waals surface area contributed by atoms with Gasteiger partial charge in [0.1, 0.15) is 0 Å². The van der Waals surface area contributed by atoms with Gasteiger partial charge < -0.3 is 18.9 Å². The number of hydrogen-bond donors (Lipinski definition) is 0. The zero-order valence-electron chi connectivity index (χ0n) is 48.0. The topological polar surface area (TPSA) is 16.3 Å². The summed E-state index contributed by atoms with van der Waals surface area (Å²) in [5.41, 5.74) is 21.0. The van der Waals surface area contributed by atoms with E-state index in [-0.39, 0.29) is 24.0 Å². The Balaban J connectivity index is 0.000000273. The van der Waals surface area contributed by atoms with Gasteiger partial charge in [-0.1, -0.05) is 218 Å². The number of para-hydroxylation sites is 5. The van der Waals surface area contributed by atoms with Crippen LogP contribution in [0.2, 0.25) is 0 Å². The van der Waals surface area contributed by atoms with Crippen molar-refractivity contribution in [2.24, 2.45) is 0 Å². The van der Waals surface area contributed by atoms with E-state index in [2.05, 4.69) is 387 Å². The third-order valence-electron chi connectivity index (χ3n) is 16.6. The van der Waals surface area contributed by atoms with Gasteiger partial charge in [0.2, 0.25) is 0 Å². The van der Waals surface area contributed by atoms with Crippen molar-refractivity contribution in [2.75, 3.05) is 9.80 Å². The van der Waals surface area contributed by atoms with Crippen LogP contribution >= 0.6 is 46.6 Å². The SMILES string of the molecule is I.Ic1ccc2c(c1)c1ccccc1n2-c1ccccc1.c1ccc(-c2ccc(N(c3ccc(-c4ccccc4)cc3)c3ccc(-c4ccc(N(c5ccccc5)c5ccc6c(c5)c5ccccc5n6-c5ccccc5)cc4)c4ccccc34)cc2)cc1. The van der Waals surface area contributed by atoms with Crippen molar-refractivity contribution in [1.82, 2.24) is 9.13 Å². The summed E-state index contributed by atoms with van der Waals surface area (Å²) in [4.78, 5) is 4.76. The fourth-order valence-corrected chi connectivity index (χ4v) is 13.1. The van der Waals surface area contributed by atoms with Crippen LogP contribution in [0.1, 0.15) is 0 Å². The second-order valence-electron chi connectivity index (χ2n) is 21.8. The van der Waals surface area contributed by atoms with Crippen LogP contribution in [-0.4, -0.2) is 9.13 Å². The van der Waals surface area contributed by atoms with Gasteiger partial charge in [0.25, 0.3) is 0 Å². The van der Waals surface area contributed by atoms with E-state index in [1.807, 2.05) is 0 Å². The maximum Gasteiger partial charge on any atom is 0.0542 e. The monoisotopic (exact) mass is 1350 g/mol. The Kier molecular flexibility index (Phi) is 15.7. The number of hydrogen-bond acceptors (Lipinski definition) is 2. The Labute approximate surface area is 543 Å². The lowest BCUT2D eigenvalue weighted by Gasteiger charge is -2.28. The van der Waals surface area contributed by atoms with E-state index in [9.17, 15) is 0 Å². The van der Waals surface area contributed by atoms with Crippen LogP contribution in [0.25, 0.3) is 99.1 Å². The first-order valence-corrected chi connectivity index (χ1v) is 30.6. The Morgan fingerprint density at radius 1 is 0.227 bits per heavy atom. The molecule has 420 valence electrons. The smallest absolute Gasteiger partial charge is 0.0542 e. The molecule has 0 saturated heterocycles. The highest BCUT2D eigenvalue weighted by molar-refractivity contribution is 14.1. The molecule has 0 unspecified atom stereocenters. The molecule has 4 nitrogen and oxygen atoms in total. The van der Waals surface area contributed by atoms with Gasteiger partial charge in [0.15, 0.2) is 0 Å². The van der Waals surface area contributed by atoms with E-state index < -0.39 is 0 Å². The van der Waals surface area contributed by atoms with Gasteiger partial charge in [-0.3, -0.25) is 0 Å². The van der Waals surface area contributed by atoms with Crippen LogP contribution in [-0.2, 0) is 0 Å². The largest absolute Gasteiger partial charge is 0.310 e. The summed E-state index contributed by atoms with van der Waals surface area (Å²) >= 11 is 2.38. The second-order valence-corrected chi connectivity index (χ2v) is 23.0. The molecule has 0 amide bonds. The van der Waals surface area contributed by atoms with Crippen molar-refractivity contribution < 1.29 is 0 Å². The van der Waals surface area contributed by atoms with Gasteiger partial charge in [-0.15, -0.1) is 24.0 Å². The average molecular weight is 1350 g/mol. The average Bonchev–Trinajstić information content (AvgIpc) is 1.60. The van der Waals surface area contributed by atoms with Gasteiger partial charge in [-0.2, -0.15) is 0 Å². The molecule has 16 rings (SSSR count). The van der Waals surface area contributed by atoms with Gasteiger partial charge in [-0.05, 0) is 189 Å². The zero-order chi connectivity index (χ0) is 58.0. The van der Waals surface area contributed by atoms with Crippen molar-refractivity contribution in [1.29, 1.82) is 0 Å². The second kappa shape index (κ2) is 24.8.